The molecule has 1 aromatic heterocycles. The Balaban J connectivity index is 1.79. The molecule has 0 unspecified atom stereocenters. The SMILES string of the molecule is CCc1nc2cc(N3CCC(C(=O)O)CC3)ccc2o1. The zero-order valence-electron chi connectivity index (χ0n) is 11.5. The van der Waals surface area contributed by atoms with Crippen LogP contribution in [-0.4, -0.2) is 29.1 Å². The van der Waals surface area contributed by atoms with Gasteiger partial charge in [-0.15, -0.1) is 0 Å². The number of aliphatic carboxylic acids is 1. The number of nitrogens with zero attached hydrogens (tertiary/aromatic N) is 2. The highest BCUT2D eigenvalue weighted by molar-refractivity contribution is 5.78. The van der Waals surface area contributed by atoms with Gasteiger partial charge in [0, 0.05) is 25.2 Å². The van der Waals surface area contributed by atoms with Gasteiger partial charge in [0.25, 0.3) is 0 Å². The highest BCUT2D eigenvalue weighted by Gasteiger charge is 2.24. The minimum absolute atomic E-state index is 0.200. The lowest BCUT2D eigenvalue weighted by molar-refractivity contribution is -0.142. The summed E-state index contributed by atoms with van der Waals surface area (Å²) >= 11 is 0. The molecule has 20 heavy (non-hydrogen) atoms. The molecule has 5 nitrogen and oxygen atoms in total. The van der Waals surface area contributed by atoms with E-state index in [4.69, 9.17) is 9.52 Å². The Hall–Kier alpha value is -2.04. The Morgan fingerprint density at radius 1 is 1.45 bits per heavy atom. The number of fused-ring (bicyclic) bond motifs is 1. The van der Waals surface area contributed by atoms with Crippen molar-refractivity contribution in [3.8, 4) is 0 Å². The summed E-state index contributed by atoms with van der Waals surface area (Å²) in [5, 5.41) is 9.03. The van der Waals surface area contributed by atoms with Gasteiger partial charge in [0.15, 0.2) is 11.5 Å². The Labute approximate surface area is 117 Å². The summed E-state index contributed by atoms with van der Waals surface area (Å²) in [5.41, 5.74) is 2.78. The fraction of sp³-hybridized carbons (Fsp3) is 0.467. The van der Waals surface area contributed by atoms with E-state index >= 15 is 0 Å². The van der Waals surface area contributed by atoms with E-state index in [2.05, 4.69) is 9.88 Å². The topological polar surface area (TPSA) is 66.6 Å². The number of carboxylic acids is 1. The molecule has 106 valence electrons. The third-order valence-corrected chi connectivity index (χ3v) is 3.93. The summed E-state index contributed by atoms with van der Waals surface area (Å²) < 4.78 is 5.60. The van der Waals surface area contributed by atoms with Gasteiger partial charge in [-0.3, -0.25) is 4.79 Å². The molecule has 0 amide bonds. The van der Waals surface area contributed by atoms with Crippen LogP contribution in [0.2, 0.25) is 0 Å². The molecule has 0 saturated carbocycles. The largest absolute Gasteiger partial charge is 0.481 e. The minimum atomic E-state index is -0.677. The molecule has 1 aliphatic heterocycles. The molecule has 1 saturated heterocycles. The maximum Gasteiger partial charge on any atom is 0.306 e. The first-order chi connectivity index (χ1) is 9.67. The maximum absolute atomic E-state index is 11.0. The summed E-state index contributed by atoms with van der Waals surface area (Å²) in [4.78, 5) is 17.6. The lowest BCUT2D eigenvalue weighted by Gasteiger charge is -2.31. The van der Waals surface area contributed by atoms with E-state index in [0.29, 0.717) is 12.8 Å². The fourth-order valence-electron chi connectivity index (χ4n) is 2.70. The first-order valence-electron chi connectivity index (χ1n) is 7.04. The first kappa shape index (κ1) is 13.0. The number of hydrogen-bond acceptors (Lipinski definition) is 4. The molecule has 0 spiro atoms. The van der Waals surface area contributed by atoms with Crippen molar-refractivity contribution >= 4 is 22.8 Å². The van der Waals surface area contributed by atoms with Crippen LogP contribution in [0, 0.1) is 5.92 Å². The molecule has 0 radical (unpaired) electrons. The highest BCUT2D eigenvalue weighted by Crippen LogP contribution is 2.27. The van der Waals surface area contributed by atoms with Crippen molar-refractivity contribution in [2.75, 3.05) is 18.0 Å². The number of oxazole rings is 1. The number of aromatic nitrogens is 1. The molecule has 0 aliphatic carbocycles. The molecule has 1 fully saturated rings. The lowest BCUT2D eigenvalue weighted by atomic mass is 9.97. The Morgan fingerprint density at radius 2 is 2.20 bits per heavy atom. The Morgan fingerprint density at radius 3 is 2.85 bits per heavy atom. The van der Waals surface area contributed by atoms with Gasteiger partial charge in [-0.25, -0.2) is 4.98 Å². The van der Waals surface area contributed by atoms with Gasteiger partial charge < -0.3 is 14.4 Å². The average molecular weight is 274 g/mol. The smallest absolute Gasteiger partial charge is 0.306 e. The van der Waals surface area contributed by atoms with Crippen LogP contribution in [0.3, 0.4) is 0 Å². The zero-order valence-corrected chi connectivity index (χ0v) is 11.5. The second-order valence-electron chi connectivity index (χ2n) is 5.21. The van der Waals surface area contributed by atoms with E-state index in [-0.39, 0.29) is 5.92 Å². The van der Waals surface area contributed by atoms with Crippen LogP contribution in [0.5, 0.6) is 0 Å². The number of carboxylic acid groups (broad SMARTS) is 1. The maximum atomic E-state index is 11.0. The average Bonchev–Trinajstić information content (AvgIpc) is 2.89. The first-order valence-corrected chi connectivity index (χ1v) is 7.04. The summed E-state index contributed by atoms with van der Waals surface area (Å²) in [5.74, 6) is -0.125. The van der Waals surface area contributed by atoms with Crippen molar-refractivity contribution in [2.24, 2.45) is 5.92 Å². The van der Waals surface area contributed by atoms with Crippen LogP contribution in [0.4, 0.5) is 5.69 Å². The molecule has 1 N–H and O–H groups in total. The zero-order chi connectivity index (χ0) is 14.1. The van der Waals surface area contributed by atoms with Crippen LogP contribution in [-0.2, 0) is 11.2 Å². The summed E-state index contributed by atoms with van der Waals surface area (Å²) in [6.45, 7) is 3.57. The second-order valence-corrected chi connectivity index (χ2v) is 5.21. The van der Waals surface area contributed by atoms with Crippen LogP contribution < -0.4 is 4.90 Å². The molecular weight excluding hydrogens is 256 g/mol. The predicted molar refractivity (Wildman–Crippen MR) is 76.0 cm³/mol. The van der Waals surface area contributed by atoms with Crippen molar-refractivity contribution in [1.82, 2.24) is 4.98 Å². The number of benzene rings is 1. The fourth-order valence-corrected chi connectivity index (χ4v) is 2.70. The summed E-state index contributed by atoms with van der Waals surface area (Å²) in [6.07, 6.45) is 2.19. The third-order valence-electron chi connectivity index (χ3n) is 3.93. The van der Waals surface area contributed by atoms with Gasteiger partial charge in [-0.05, 0) is 31.0 Å². The molecule has 2 heterocycles. The molecule has 0 bridgehead atoms. The number of carbonyl (C=O) groups is 1. The van der Waals surface area contributed by atoms with Crippen molar-refractivity contribution in [3.05, 3.63) is 24.1 Å². The Bertz CT molecular complexity index is 627. The highest BCUT2D eigenvalue weighted by atomic mass is 16.4. The monoisotopic (exact) mass is 274 g/mol. The van der Waals surface area contributed by atoms with Crippen LogP contribution >= 0.6 is 0 Å². The van der Waals surface area contributed by atoms with E-state index in [1.807, 2.05) is 25.1 Å². The van der Waals surface area contributed by atoms with Crippen molar-refractivity contribution in [1.29, 1.82) is 0 Å². The number of rotatable bonds is 3. The molecular formula is C15H18N2O3. The van der Waals surface area contributed by atoms with Crippen molar-refractivity contribution < 1.29 is 14.3 Å². The molecule has 3 rings (SSSR count). The summed E-state index contributed by atoms with van der Waals surface area (Å²) in [7, 11) is 0. The van der Waals surface area contributed by atoms with E-state index in [0.717, 1.165) is 42.2 Å². The summed E-state index contributed by atoms with van der Waals surface area (Å²) in [6, 6.07) is 5.99. The third kappa shape index (κ3) is 2.35. The molecule has 2 aromatic rings. The van der Waals surface area contributed by atoms with Crippen molar-refractivity contribution in [3.63, 3.8) is 0 Å². The molecule has 1 aliphatic rings. The van der Waals surface area contributed by atoms with E-state index in [1.165, 1.54) is 0 Å². The molecule has 5 heteroatoms. The van der Waals surface area contributed by atoms with E-state index in [9.17, 15) is 4.79 Å². The van der Waals surface area contributed by atoms with Crippen LogP contribution in [0.25, 0.3) is 11.1 Å². The van der Waals surface area contributed by atoms with Gasteiger partial charge in [0.1, 0.15) is 5.52 Å². The molecule has 1 aromatic carbocycles. The van der Waals surface area contributed by atoms with Crippen LogP contribution in [0.15, 0.2) is 22.6 Å². The van der Waals surface area contributed by atoms with Gasteiger partial charge in [0.2, 0.25) is 0 Å². The normalized spacial score (nSPS) is 16.8. The lowest BCUT2D eigenvalue weighted by Crippen LogP contribution is -2.36. The number of hydrogen-bond donors (Lipinski definition) is 1. The number of aryl methyl sites for hydroxylation is 1. The van der Waals surface area contributed by atoms with Gasteiger partial charge in [-0.2, -0.15) is 0 Å². The quantitative estimate of drug-likeness (QED) is 0.932. The number of anilines is 1. The number of piperidine rings is 1. The van der Waals surface area contributed by atoms with Gasteiger partial charge >= 0.3 is 5.97 Å². The standard InChI is InChI=1S/C15H18N2O3/c1-2-14-16-12-9-11(3-4-13(12)20-14)17-7-5-10(6-8-17)15(18)19/h3-4,9-10H,2,5-8H2,1H3,(H,18,19). The predicted octanol–water partition coefficient (Wildman–Crippen LogP) is 2.69. The second kappa shape index (κ2) is 5.15. The van der Waals surface area contributed by atoms with Gasteiger partial charge in [0.05, 0.1) is 5.92 Å². The minimum Gasteiger partial charge on any atom is -0.481 e. The van der Waals surface area contributed by atoms with E-state index < -0.39 is 5.97 Å². The van der Waals surface area contributed by atoms with Crippen LogP contribution in [0.1, 0.15) is 25.7 Å². The van der Waals surface area contributed by atoms with Crippen molar-refractivity contribution in [2.45, 2.75) is 26.2 Å². The Kier molecular flexibility index (Phi) is 3.34. The van der Waals surface area contributed by atoms with Gasteiger partial charge in [-0.1, -0.05) is 6.92 Å². The molecule has 0 atom stereocenters. The van der Waals surface area contributed by atoms with E-state index in [1.54, 1.807) is 0 Å².